The van der Waals surface area contributed by atoms with Gasteiger partial charge in [0, 0.05) is 12.1 Å². The summed E-state index contributed by atoms with van der Waals surface area (Å²) in [6.07, 6.45) is 0.948. The molecule has 0 saturated carbocycles. The number of rotatable bonds is 7. The lowest BCUT2D eigenvalue weighted by atomic mass is 9.93. The summed E-state index contributed by atoms with van der Waals surface area (Å²) >= 11 is 6.21. The molecular weight excluding hydrogens is 265 g/mol. The van der Waals surface area contributed by atoms with E-state index in [2.05, 4.69) is 26.1 Å². The van der Waals surface area contributed by atoms with Crippen LogP contribution in [0.4, 0.5) is 4.39 Å². The molecule has 0 spiro atoms. The van der Waals surface area contributed by atoms with E-state index in [1.807, 2.05) is 0 Å². The molecule has 0 saturated heterocycles. The first-order valence-electron chi connectivity index (χ1n) is 6.72. The molecule has 0 amide bonds. The molecule has 0 aliphatic carbocycles. The van der Waals surface area contributed by atoms with Crippen LogP contribution < -0.4 is 5.32 Å². The summed E-state index contributed by atoms with van der Waals surface area (Å²) < 4.78 is 19.0. The van der Waals surface area contributed by atoms with Crippen LogP contribution >= 0.6 is 11.6 Å². The molecule has 19 heavy (non-hydrogen) atoms. The monoisotopic (exact) mass is 287 g/mol. The van der Waals surface area contributed by atoms with Gasteiger partial charge in [-0.2, -0.15) is 0 Å². The first-order valence-corrected chi connectivity index (χ1v) is 7.10. The fraction of sp³-hybridized carbons (Fsp3) is 0.600. The highest BCUT2D eigenvalue weighted by Crippen LogP contribution is 2.30. The van der Waals surface area contributed by atoms with Crippen LogP contribution in [0.25, 0.3) is 0 Å². The fourth-order valence-electron chi connectivity index (χ4n) is 2.25. The predicted octanol–water partition coefficient (Wildman–Crippen LogP) is 4.19. The maximum absolute atomic E-state index is 13.5. The highest BCUT2D eigenvalue weighted by molar-refractivity contribution is 6.31. The maximum atomic E-state index is 13.5. The summed E-state index contributed by atoms with van der Waals surface area (Å²) in [4.78, 5) is 0. The van der Waals surface area contributed by atoms with Gasteiger partial charge < -0.3 is 10.1 Å². The van der Waals surface area contributed by atoms with Crippen molar-refractivity contribution in [3.8, 4) is 0 Å². The summed E-state index contributed by atoms with van der Waals surface area (Å²) in [6.45, 7) is 7.10. The maximum Gasteiger partial charge on any atom is 0.123 e. The zero-order chi connectivity index (χ0) is 14.4. The molecule has 0 bridgehead atoms. The Morgan fingerprint density at radius 2 is 2.05 bits per heavy atom. The minimum Gasteiger partial charge on any atom is -0.379 e. The summed E-state index contributed by atoms with van der Waals surface area (Å²) in [5.74, 6) is 0.0278. The first-order chi connectivity index (χ1) is 9.01. The molecule has 0 aliphatic rings. The number of methoxy groups -OCH3 is 1. The summed E-state index contributed by atoms with van der Waals surface area (Å²) in [6, 6.07) is 4.36. The molecule has 108 valence electrons. The van der Waals surface area contributed by atoms with Crippen molar-refractivity contribution >= 4 is 11.6 Å². The van der Waals surface area contributed by atoms with Crippen molar-refractivity contribution in [3.63, 3.8) is 0 Å². The van der Waals surface area contributed by atoms with Crippen LogP contribution in [0.2, 0.25) is 5.02 Å². The zero-order valence-corrected chi connectivity index (χ0v) is 12.8. The molecule has 1 aromatic rings. The molecule has 1 N–H and O–H groups in total. The van der Waals surface area contributed by atoms with Crippen LogP contribution in [0.15, 0.2) is 18.2 Å². The molecular formula is C15H23ClFNO. The van der Waals surface area contributed by atoms with Crippen molar-refractivity contribution in [2.75, 3.05) is 13.7 Å². The first kappa shape index (κ1) is 16.4. The van der Waals surface area contributed by atoms with E-state index >= 15 is 0 Å². The lowest BCUT2D eigenvalue weighted by molar-refractivity contribution is 0.0326. The molecule has 2 atom stereocenters. The second-order valence-electron chi connectivity index (χ2n) is 5.04. The largest absolute Gasteiger partial charge is 0.379 e. The third-order valence-electron chi connectivity index (χ3n) is 3.17. The van der Waals surface area contributed by atoms with E-state index in [0.717, 1.165) is 18.5 Å². The third kappa shape index (κ3) is 4.44. The Kier molecular flexibility index (Phi) is 6.76. The fourth-order valence-corrected chi connectivity index (χ4v) is 2.48. The van der Waals surface area contributed by atoms with Gasteiger partial charge in [-0.05, 0) is 42.6 Å². The van der Waals surface area contributed by atoms with Crippen LogP contribution in [0.3, 0.4) is 0 Å². The molecule has 4 heteroatoms. The van der Waals surface area contributed by atoms with Crippen LogP contribution in [-0.4, -0.2) is 19.8 Å². The molecule has 0 fully saturated rings. The minimum atomic E-state index is -0.277. The number of hydrogen-bond acceptors (Lipinski definition) is 2. The highest BCUT2D eigenvalue weighted by Gasteiger charge is 2.27. The van der Waals surface area contributed by atoms with Gasteiger partial charge in [-0.1, -0.05) is 32.4 Å². The van der Waals surface area contributed by atoms with E-state index in [4.69, 9.17) is 16.3 Å². The van der Waals surface area contributed by atoms with E-state index in [0.29, 0.717) is 10.9 Å². The lowest BCUT2D eigenvalue weighted by Gasteiger charge is -2.31. The quantitative estimate of drug-likeness (QED) is 0.812. The molecule has 2 unspecified atom stereocenters. The average molecular weight is 288 g/mol. The Hall–Kier alpha value is -0.640. The van der Waals surface area contributed by atoms with Crippen molar-refractivity contribution in [1.29, 1.82) is 0 Å². The van der Waals surface area contributed by atoms with E-state index < -0.39 is 0 Å². The molecule has 2 nitrogen and oxygen atoms in total. The number of ether oxygens (including phenoxy) is 1. The van der Waals surface area contributed by atoms with Gasteiger partial charge in [-0.25, -0.2) is 4.39 Å². The summed E-state index contributed by atoms with van der Waals surface area (Å²) in [5.41, 5.74) is 0.760. The van der Waals surface area contributed by atoms with Gasteiger partial charge in [-0.3, -0.25) is 0 Å². The third-order valence-corrected chi connectivity index (χ3v) is 3.51. The number of hydrogen-bond donors (Lipinski definition) is 1. The second kappa shape index (κ2) is 7.83. The molecule has 0 aromatic heterocycles. The smallest absolute Gasteiger partial charge is 0.123 e. The van der Waals surface area contributed by atoms with Gasteiger partial charge >= 0.3 is 0 Å². The summed E-state index contributed by atoms with van der Waals surface area (Å²) in [7, 11) is 1.68. The SMILES string of the molecule is CCCNC(c1cc(F)ccc1Cl)C(OC)C(C)C. The van der Waals surface area contributed by atoms with Crippen LogP contribution in [0.5, 0.6) is 0 Å². The minimum absolute atomic E-state index is 0.0501. The zero-order valence-electron chi connectivity index (χ0n) is 12.0. The molecule has 0 heterocycles. The van der Waals surface area contributed by atoms with Crippen LogP contribution in [0.1, 0.15) is 38.8 Å². The average Bonchev–Trinajstić information content (AvgIpc) is 2.37. The van der Waals surface area contributed by atoms with Crippen molar-refractivity contribution in [3.05, 3.63) is 34.6 Å². The van der Waals surface area contributed by atoms with Crippen molar-refractivity contribution < 1.29 is 9.13 Å². The van der Waals surface area contributed by atoms with Crippen LogP contribution in [0, 0.1) is 11.7 Å². The normalized spacial score (nSPS) is 14.7. The van der Waals surface area contributed by atoms with E-state index in [1.54, 1.807) is 13.2 Å². The van der Waals surface area contributed by atoms with Gasteiger partial charge in [0.2, 0.25) is 0 Å². The van der Waals surface area contributed by atoms with Gasteiger partial charge in [0.15, 0.2) is 0 Å². The molecule has 1 rings (SSSR count). The Morgan fingerprint density at radius 3 is 2.58 bits per heavy atom. The Balaban J connectivity index is 3.10. The van der Waals surface area contributed by atoms with E-state index in [9.17, 15) is 4.39 Å². The van der Waals surface area contributed by atoms with E-state index in [1.165, 1.54) is 12.1 Å². The second-order valence-corrected chi connectivity index (χ2v) is 5.45. The van der Waals surface area contributed by atoms with Crippen molar-refractivity contribution in [2.45, 2.75) is 39.3 Å². The summed E-state index contributed by atoms with van der Waals surface area (Å²) in [5, 5.41) is 3.98. The Labute approximate surface area is 120 Å². The van der Waals surface area contributed by atoms with Gasteiger partial charge in [0.1, 0.15) is 5.82 Å². The van der Waals surface area contributed by atoms with Crippen LogP contribution in [-0.2, 0) is 4.74 Å². The Bertz CT molecular complexity index is 398. The number of halogens is 2. The van der Waals surface area contributed by atoms with Crippen molar-refractivity contribution in [1.82, 2.24) is 5.32 Å². The highest BCUT2D eigenvalue weighted by atomic mass is 35.5. The van der Waals surface area contributed by atoms with Gasteiger partial charge in [0.05, 0.1) is 12.1 Å². The van der Waals surface area contributed by atoms with Crippen molar-refractivity contribution in [2.24, 2.45) is 5.92 Å². The topological polar surface area (TPSA) is 21.3 Å². The predicted molar refractivity (Wildman–Crippen MR) is 78.1 cm³/mol. The standard InChI is InChI=1S/C15H23ClFNO/c1-5-8-18-14(15(19-4)10(2)3)12-9-11(17)6-7-13(12)16/h6-7,9-10,14-15,18H,5,8H2,1-4H3. The van der Waals surface area contributed by atoms with Gasteiger partial charge in [0.25, 0.3) is 0 Å². The van der Waals surface area contributed by atoms with E-state index in [-0.39, 0.29) is 18.0 Å². The Morgan fingerprint density at radius 1 is 1.37 bits per heavy atom. The molecule has 0 radical (unpaired) electrons. The molecule has 1 aromatic carbocycles. The lowest BCUT2D eigenvalue weighted by Crippen LogP contribution is -2.37. The van der Waals surface area contributed by atoms with Gasteiger partial charge in [-0.15, -0.1) is 0 Å². The number of nitrogens with one attached hydrogen (secondary N) is 1. The molecule has 0 aliphatic heterocycles. The number of benzene rings is 1.